The number of rotatable bonds is 5. The topological polar surface area (TPSA) is 71.1 Å². The van der Waals surface area contributed by atoms with Crippen molar-refractivity contribution in [3.05, 3.63) is 77.4 Å². The molecule has 0 spiro atoms. The quantitative estimate of drug-likeness (QED) is 0.686. The first kappa shape index (κ1) is 17.3. The molecule has 7 heteroatoms. The molecule has 0 saturated heterocycles. The van der Waals surface area contributed by atoms with Crippen LogP contribution in [0.4, 0.5) is 17.2 Å². The molecule has 0 radical (unpaired) electrons. The van der Waals surface area contributed by atoms with Crippen molar-refractivity contribution in [1.29, 1.82) is 0 Å². The Kier molecular flexibility index (Phi) is 4.92. The Labute approximate surface area is 151 Å². The van der Waals surface area contributed by atoms with Crippen LogP contribution >= 0.6 is 11.6 Å². The molecule has 1 heterocycles. The molecule has 2 N–H and O–H groups in total. The van der Waals surface area contributed by atoms with Gasteiger partial charge in [0.05, 0.1) is 16.8 Å². The lowest BCUT2D eigenvalue weighted by atomic mass is 10.2. The van der Waals surface area contributed by atoms with Crippen molar-refractivity contribution in [2.24, 2.45) is 0 Å². The molecule has 5 nitrogen and oxygen atoms in total. The number of hydrogen-bond acceptors (Lipinski definition) is 4. The van der Waals surface area contributed by atoms with Crippen LogP contribution in [0.3, 0.4) is 0 Å². The van der Waals surface area contributed by atoms with E-state index in [2.05, 4.69) is 15.0 Å². The van der Waals surface area contributed by atoms with Crippen molar-refractivity contribution in [1.82, 2.24) is 4.98 Å². The number of nitrogens with one attached hydrogen (secondary N) is 2. The number of hydrogen-bond donors (Lipinski definition) is 2. The van der Waals surface area contributed by atoms with E-state index >= 15 is 0 Å². The smallest absolute Gasteiger partial charge is 0.263 e. The van der Waals surface area contributed by atoms with Crippen LogP contribution < -0.4 is 10.0 Å². The maximum absolute atomic E-state index is 12.4. The van der Waals surface area contributed by atoms with E-state index in [0.717, 1.165) is 11.4 Å². The fourth-order valence-electron chi connectivity index (χ4n) is 2.20. The van der Waals surface area contributed by atoms with Gasteiger partial charge in [0.25, 0.3) is 10.0 Å². The summed E-state index contributed by atoms with van der Waals surface area (Å²) in [5, 5.41) is 3.71. The summed E-state index contributed by atoms with van der Waals surface area (Å²) >= 11 is 5.94. The van der Waals surface area contributed by atoms with E-state index in [-0.39, 0.29) is 10.7 Å². The highest BCUT2D eigenvalue weighted by atomic mass is 35.5. The molecule has 0 saturated carbocycles. The second-order valence-electron chi connectivity index (χ2n) is 5.44. The number of aromatic nitrogens is 1. The Morgan fingerprint density at radius 3 is 2.36 bits per heavy atom. The predicted molar refractivity (Wildman–Crippen MR) is 101 cm³/mol. The lowest BCUT2D eigenvalue weighted by Gasteiger charge is -2.10. The number of nitrogens with zero attached hydrogens (tertiary/aromatic N) is 1. The molecule has 25 heavy (non-hydrogen) atoms. The molecule has 0 bridgehead atoms. The molecular formula is C18H16ClN3O2S. The standard InChI is InChI=1S/C18H16ClN3O2S/c1-13-11-16(8-9-17(13)19)25(23,24)22-18-10-7-15(12-20-18)21-14-5-3-2-4-6-14/h2-12,21H,1H3,(H,20,22). The normalized spacial score (nSPS) is 11.1. The Morgan fingerprint density at radius 1 is 0.960 bits per heavy atom. The average Bonchev–Trinajstić information content (AvgIpc) is 2.60. The first-order chi connectivity index (χ1) is 11.9. The van der Waals surface area contributed by atoms with E-state index in [0.29, 0.717) is 10.6 Å². The lowest BCUT2D eigenvalue weighted by molar-refractivity contribution is 0.601. The van der Waals surface area contributed by atoms with Gasteiger partial charge < -0.3 is 5.32 Å². The third-order valence-corrected chi connectivity index (χ3v) is 5.28. The maximum atomic E-state index is 12.4. The SMILES string of the molecule is Cc1cc(S(=O)(=O)Nc2ccc(Nc3ccccc3)cn2)ccc1Cl. The number of anilines is 3. The second kappa shape index (κ2) is 7.13. The van der Waals surface area contributed by atoms with Gasteiger partial charge in [-0.2, -0.15) is 0 Å². The van der Waals surface area contributed by atoms with Crippen LogP contribution in [0.25, 0.3) is 0 Å². The van der Waals surface area contributed by atoms with Crippen molar-refractivity contribution in [2.75, 3.05) is 10.0 Å². The van der Waals surface area contributed by atoms with E-state index in [4.69, 9.17) is 11.6 Å². The molecule has 3 aromatic rings. The predicted octanol–water partition coefficient (Wildman–Crippen LogP) is 4.59. The summed E-state index contributed by atoms with van der Waals surface area (Å²) < 4.78 is 27.3. The Bertz CT molecular complexity index is 975. The summed E-state index contributed by atoms with van der Waals surface area (Å²) in [4.78, 5) is 4.29. The zero-order chi connectivity index (χ0) is 17.9. The molecule has 1 aromatic heterocycles. The zero-order valence-corrected chi connectivity index (χ0v) is 15.0. The Hall–Kier alpha value is -2.57. The summed E-state index contributed by atoms with van der Waals surface area (Å²) in [7, 11) is -3.72. The van der Waals surface area contributed by atoms with Gasteiger partial charge in [-0.25, -0.2) is 13.4 Å². The van der Waals surface area contributed by atoms with Crippen LogP contribution in [0.5, 0.6) is 0 Å². The summed E-state index contributed by atoms with van der Waals surface area (Å²) in [6.07, 6.45) is 1.57. The highest BCUT2D eigenvalue weighted by Gasteiger charge is 2.15. The van der Waals surface area contributed by atoms with E-state index in [9.17, 15) is 8.42 Å². The molecule has 0 aliphatic carbocycles. The first-order valence-corrected chi connectivity index (χ1v) is 9.37. The van der Waals surface area contributed by atoms with Crippen LogP contribution in [0.1, 0.15) is 5.56 Å². The zero-order valence-electron chi connectivity index (χ0n) is 13.4. The molecule has 128 valence electrons. The largest absolute Gasteiger partial charge is 0.354 e. The van der Waals surface area contributed by atoms with Gasteiger partial charge in [-0.1, -0.05) is 29.8 Å². The van der Waals surface area contributed by atoms with Gasteiger partial charge in [0.2, 0.25) is 0 Å². The minimum Gasteiger partial charge on any atom is -0.354 e. The summed E-state index contributed by atoms with van der Waals surface area (Å²) in [5.74, 6) is 0.242. The molecule has 0 amide bonds. The number of pyridine rings is 1. The van der Waals surface area contributed by atoms with Gasteiger partial charge in [0.1, 0.15) is 5.82 Å². The number of halogens is 1. The van der Waals surface area contributed by atoms with Crippen LogP contribution in [-0.4, -0.2) is 13.4 Å². The van der Waals surface area contributed by atoms with E-state index in [1.807, 2.05) is 30.3 Å². The molecule has 0 atom stereocenters. The summed E-state index contributed by atoms with van der Waals surface area (Å²) in [6, 6.07) is 17.5. The summed E-state index contributed by atoms with van der Waals surface area (Å²) in [6.45, 7) is 1.75. The third-order valence-electron chi connectivity index (χ3n) is 3.50. The monoisotopic (exact) mass is 373 g/mol. The number of aryl methyl sites for hydroxylation is 1. The third kappa shape index (κ3) is 4.29. The first-order valence-electron chi connectivity index (χ1n) is 7.51. The Balaban J connectivity index is 1.75. The lowest BCUT2D eigenvalue weighted by Crippen LogP contribution is -2.14. The van der Waals surface area contributed by atoms with E-state index in [1.54, 1.807) is 31.3 Å². The molecule has 2 aromatic carbocycles. The molecular weight excluding hydrogens is 358 g/mol. The van der Waals surface area contributed by atoms with Crippen molar-refractivity contribution in [2.45, 2.75) is 11.8 Å². The minimum absolute atomic E-state index is 0.141. The maximum Gasteiger partial charge on any atom is 0.263 e. The van der Waals surface area contributed by atoms with Gasteiger partial charge in [-0.05, 0) is 55.0 Å². The van der Waals surface area contributed by atoms with Crippen molar-refractivity contribution >= 4 is 38.8 Å². The van der Waals surface area contributed by atoms with Gasteiger partial charge in [-0.3, -0.25) is 4.72 Å². The average molecular weight is 374 g/mol. The number of sulfonamides is 1. The van der Waals surface area contributed by atoms with E-state index in [1.165, 1.54) is 12.1 Å². The van der Waals surface area contributed by atoms with Crippen LogP contribution in [0.2, 0.25) is 5.02 Å². The van der Waals surface area contributed by atoms with Crippen molar-refractivity contribution in [3.8, 4) is 0 Å². The highest BCUT2D eigenvalue weighted by molar-refractivity contribution is 7.92. The van der Waals surface area contributed by atoms with Crippen LogP contribution in [0, 0.1) is 6.92 Å². The van der Waals surface area contributed by atoms with Crippen LogP contribution in [0.15, 0.2) is 71.8 Å². The fourth-order valence-corrected chi connectivity index (χ4v) is 3.41. The molecule has 0 aliphatic rings. The second-order valence-corrected chi connectivity index (χ2v) is 7.53. The molecule has 0 aliphatic heterocycles. The van der Waals surface area contributed by atoms with Crippen LogP contribution in [-0.2, 0) is 10.0 Å². The highest BCUT2D eigenvalue weighted by Crippen LogP contribution is 2.22. The van der Waals surface area contributed by atoms with Gasteiger partial charge in [0, 0.05) is 10.7 Å². The summed E-state index contributed by atoms with van der Waals surface area (Å²) in [5.41, 5.74) is 2.38. The number of para-hydroxylation sites is 1. The Morgan fingerprint density at radius 2 is 1.72 bits per heavy atom. The van der Waals surface area contributed by atoms with Crippen molar-refractivity contribution in [3.63, 3.8) is 0 Å². The van der Waals surface area contributed by atoms with Gasteiger partial charge in [0.15, 0.2) is 0 Å². The van der Waals surface area contributed by atoms with Gasteiger partial charge >= 0.3 is 0 Å². The molecule has 0 unspecified atom stereocenters. The number of benzene rings is 2. The van der Waals surface area contributed by atoms with E-state index < -0.39 is 10.0 Å². The minimum atomic E-state index is -3.72. The fraction of sp³-hybridized carbons (Fsp3) is 0.0556. The molecule has 0 fully saturated rings. The van der Waals surface area contributed by atoms with Gasteiger partial charge in [-0.15, -0.1) is 0 Å². The molecule has 3 rings (SSSR count). The van der Waals surface area contributed by atoms with Crippen molar-refractivity contribution < 1.29 is 8.42 Å².